The fourth-order valence-corrected chi connectivity index (χ4v) is 1.42. The van der Waals surface area contributed by atoms with E-state index in [9.17, 15) is 5.11 Å². The molecular formula is C12H18O. The van der Waals surface area contributed by atoms with Crippen molar-refractivity contribution in [1.29, 1.82) is 0 Å². The topological polar surface area (TPSA) is 20.2 Å². The number of rotatable bonds is 4. The maximum absolute atomic E-state index is 9.68. The first kappa shape index (κ1) is 10.3. The Kier molecular flexibility index (Phi) is 3.97. The van der Waals surface area contributed by atoms with Gasteiger partial charge in [-0.25, -0.2) is 0 Å². The summed E-state index contributed by atoms with van der Waals surface area (Å²) in [5.74, 6) is 0. The minimum Gasteiger partial charge on any atom is -0.388 e. The van der Waals surface area contributed by atoms with Crippen LogP contribution in [0.3, 0.4) is 0 Å². The van der Waals surface area contributed by atoms with Crippen molar-refractivity contribution in [1.82, 2.24) is 0 Å². The van der Waals surface area contributed by atoms with Gasteiger partial charge in [0.2, 0.25) is 0 Å². The molecule has 0 fully saturated rings. The van der Waals surface area contributed by atoms with Crippen molar-refractivity contribution in [2.75, 3.05) is 0 Å². The monoisotopic (exact) mass is 178 g/mol. The summed E-state index contributed by atoms with van der Waals surface area (Å²) in [6, 6.07) is 8.24. The van der Waals surface area contributed by atoms with Gasteiger partial charge < -0.3 is 5.11 Å². The second kappa shape index (κ2) is 5.03. The fraction of sp³-hybridized carbons (Fsp3) is 0.500. The molecule has 72 valence electrons. The van der Waals surface area contributed by atoms with Crippen LogP contribution < -0.4 is 0 Å². The molecule has 1 atom stereocenters. The molecule has 1 nitrogen and oxygen atoms in total. The van der Waals surface area contributed by atoms with E-state index in [0.717, 1.165) is 24.8 Å². The lowest BCUT2D eigenvalue weighted by atomic mass is 10.0. The first-order valence-electron chi connectivity index (χ1n) is 5.04. The lowest BCUT2D eigenvalue weighted by molar-refractivity contribution is 0.166. The van der Waals surface area contributed by atoms with Gasteiger partial charge in [-0.1, -0.05) is 44.5 Å². The predicted octanol–water partition coefficient (Wildman–Crippen LogP) is 3.08. The third kappa shape index (κ3) is 2.85. The highest BCUT2D eigenvalue weighted by Crippen LogP contribution is 2.18. The van der Waals surface area contributed by atoms with E-state index < -0.39 is 0 Å². The molecule has 0 aliphatic carbocycles. The van der Waals surface area contributed by atoms with Crippen molar-refractivity contribution in [2.24, 2.45) is 0 Å². The smallest absolute Gasteiger partial charge is 0.0790 e. The van der Waals surface area contributed by atoms with E-state index in [0.29, 0.717) is 0 Å². The molecule has 1 heteroatoms. The molecule has 0 amide bonds. The quantitative estimate of drug-likeness (QED) is 0.751. The van der Waals surface area contributed by atoms with Crippen molar-refractivity contribution in [3.63, 3.8) is 0 Å². The molecule has 0 unspecified atom stereocenters. The first-order chi connectivity index (χ1) is 6.27. The maximum atomic E-state index is 9.68. The Morgan fingerprint density at radius 3 is 2.23 bits per heavy atom. The van der Waals surface area contributed by atoms with Gasteiger partial charge in [-0.2, -0.15) is 0 Å². The number of benzene rings is 1. The molecule has 0 bridgehead atoms. The Morgan fingerprint density at radius 2 is 1.77 bits per heavy atom. The Bertz CT molecular complexity index is 238. The van der Waals surface area contributed by atoms with Crippen molar-refractivity contribution in [3.8, 4) is 0 Å². The van der Waals surface area contributed by atoms with Gasteiger partial charge in [0.1, 0.15) is 0 Å². The number of aliphatic hydroxyl groups is 1. The Hall–Kier alpha value is -0.820. The molecule has 0 saturated carbocycles. The van der Waals surface area contributed by atoms with Crippen molar-refractivity contribution in [3.05, 3.63) is 35.4 Å². The predicted molar refractivity (Wildman–Crippen MR) is 55.7 cm³/mol. The molecule has 0 spiro atoms. The summed E-state index contributed by atoms with van der Waals surface area (Å²) >= 11 is 0. The van der Waals surface area contributed by atoms with Crippen molar-refractivity contribution >= 4 is 0 Å². The summed E-state index contributed by atoms with van der Waals surface area (Å²) in [5, 5.41) is 9.68. The normalized spacial score (nSPS) is 12.8. The highest BCUT2D eigenvalue weighted by atomic mass is 16.3. The van der Waals surface area contributed by atoms with E-state index in [1.807, 2.05) is 12.1 Å². The van der Waals surface area contributed by atoms with Gasteiger partial charge in [0.25, 0.3) is 0 Å². The van der Waals surface area contributed by atoms with Gasteiger partial charge in [-0.15, -0.1) is 0 Å². The summed E-state index contributed by atoms with van der Waals surface area (Å²) in [6.45, 7) is 4.22. The highest BCUT2D eigenvalue weighted by molar-refractivity contribution is 5.23. The molecular weight excluding hydrogens is 160 g/mol. The van der Waals surface area contributed by atoms with E-state index in [1.165, 1.54) is 5.56 Å². The standard InChI is InChI=1S/C12H18O/c1-3-5-12(13)11-8-6-10(4-2)7-9-11/h6-9,12-13H,3-5H2,1-2H3/t12-/m1/s1. The van der Waals surface area contributed by atoms with Gasteiger partial charge in [0.05, 0.1) is 6.10 Å². The van der Waals surface area contributed by atoms with Crippen LogP contribution in [0, 0.1) is 0 Å². The molecule has 0 aliphatic rings. The van der Waals surface area contributed by atoms with Crippen LogP contribution >= 0.6 is 0 Å². The molecule has 1 N–H and O–H groups in total. The average Bonchev–Trinajstić information content (AvgIpc) is 2.18. The Labute approximate surface area is 80.4 Å². The van der Waals surface area contributed by atoms with Crippen LogP contribution in [-0.4, -0.2) is 5.11 Å². The van der Waals surface area contributed by atoms with Crippen LogP contribution in [0.5, 0.6) is 0 Å². The summed E-state index contributed by atoms with van der Waals surface area (Å²) < 4.78 is 0. The molecule has 1 aromatic carbocycles. The summed E-state index contributed by atoms with van der Waals surface area (Å²) in [5.41, 5.74) is 2.37. The molecule has 0 aromatic heterocycles. The number of hydrogen-bond acceptors (Lipinski definition) is 1. The average molecular weight is 178 g/mol. The number of aryl methyl sites for hydroxylation is 1. The van der Waals surface area contributed by atoms with Gasteiger partial charge in [-0.05, 0) is 24.0 Å². The summed E-state index contributed by atoms with van der Waals surface area (Å²) in [6.07, 6.45) is 2.66. The van der Waals surface area contributed by atoms with E-state index in [4.69, 9.17) is 0 Å². The van der Waals surface area contributed by atoms with Crippen LogP contribution in [-0.2, 0) is 6.42 Å². The Morgan fingerprint density at radius 1 is 1.15 bits per heavy atom. The lowest BCUT2D eigenvalue weighted by Gasteiger charge is -2.09. The van der Waals surface area contributed by atoms with E-state index in [1.54, 1.807) is 0 Å². The Balaban J connectivity index is 2.67. The molecule has 0 aliphatic heterocycles. The third-order valence-electron chi connectivity index (χ3n) is 2.33. The molecule has 13 heavy (non-hydrogen) atoms. The second-order valence-electron chi connectivity index (χ2n) is 3.40. The number of hydrogen-bond donors (Lipinski definition) is 1. The summed E-state index contributed by atoms with van der Waals surface area (Å²) in [4.78, 5) is 0. The van der Waals surface area contributed by atoms with Crippen LogP contribution in [0.4, 0.5) is 0 Å². The molecule has 0 heterocycles. The van der Waals surface area contributed by atoms with Gasteiger partial charge in [0.15, 0.2) is 0 Å². The van der Waals surface area contributed by atoms with E-state index in [2.05, 4.69) is 26.0 Å². The third-order valence-corrected chi connectivity index (χ3v) is 2.33. The minimum atomic E-state index is -0.282. The van der Waals surface area contributed by atoms with E-state index in [-0.39, 0.29) is 6.10 Å². The minimum absolute atomic E-state index is 0.282. The maximum Gasteiger partial charge on any atom is 0.0790 e. The van der Waals surface area contributed by atoms with Gasteiger partial charge in [0, 0.05) is 0 Å². The van der Waals surface area contributed by atoms with Crippen LogP contribution in [0.15, 0.2) is 24.3 Å². The molecule has 1 aromatic rings. The summed E-state index contributed by atoms with van der Waals surface area (Å²) in [7, 11) is 0. The molecule has 0 radical (unpaired) electrons. The van der Waals surface area contributed by atoms with Crippen molar-refractivity contribution in [2.45, 2.75) is 39.2 Å². The zero-order chi connectivity index (χ0) is 9.68. The van der Waals surface area contributed by atoms with Gasteiger partial charge in [-0.3, -0.25) is 0 Å². The van der Waals surface area contributed by atoms with Crippen molar-refractivity contribution < 1.29 is 5.11 Å². The van der Waals surface area contributed by atoms with Crippen LogP contribution in [0.1, 0.15) is 43.9 Å². The van der Waals surface area contributed by atoms with E-state index >= 15 is 0 Å². The molecule has 1 rings (SSSR count). The highest BCUT2D eigenvalue weighted by Gasteiger charge is 2.04. The van der Waals surface area contributed by atoms with Gasteiger partial charge >= 0.3 is 0 Å². The second-order valence-corrected chi connectivity index (χ2v) is 3.40. The zero-order valence-corrected chi connectivity index (χ0v) is 8.46. The lowest BCUT2D eigenvalue weighted by Crippen LogP contribution is -1.96. The molecule has 0 saturated heterocycles. The zero-order valence-electron chi connectivity index (χ0n) is 8.46. The largest absolute Gasteiger partial charge is 0.388 e. The SMILES string of the molecule is CCC[C@@H](O)c1ccc(CC)cc1. The number of aliphatic hydroxyl groups excluding tert-OH is 1. The van der Waals surface area contributed by atoms with Crippen LogP contribution in [0.2, 0.25) is 0 Å². The fourth-order valence-electron chi connectivity index (χ4n) is 1.42. The van der Waals surface area contributed by atoms with Crippen LogP contribution in [0.25, 0.3) is 0 Å². The first-order valence-corrected chi connectivity index (χ1v) is 5.04.